The first-order valence-corrected chi connectivity index (χ1v) is 10.9. The molecule has 3 aliphatic rings. The van der Waals surface area contributed by atoms with Gasteiger partial charge in [-0.15, -0.1) is 0 Å². The standard InChI is InChI=1S/C22H34N4O2/c27-15-14-23-10-12-25(13-11-23)20-6-8-24(9-7-20)17-19-16-22(28)26(18-19)21-4-2-1-3-5-21/h1-5,19-20,27H,6-18H2. The van der Waals surface area contributed by atoms with Crippen molar-refractivity contribution in [2.75, 3.05) is 70.4 Å². The van der Waals surface area contributed by atoms with Crippen molar-refractivity contribution >= 4 is 11.6 Å². The van der Waals surface area contributed by atoms with Crippen molar-refractivity contribution in [2.45, 2.75) is 25.3 Å². The van der Waals surface area contributed by atoms with Crippen LogP contribution in [0.1, 0.15) is 19.3 Å². The van der Waals surface area contributed by atoms with Crippen LogP contribution in [0.2, 0.25) is 0 Å². The molecule has 28 heavy (non-hydrogen) atoms. The van der Waals surface area contributed by atoms with Crippen LogP contribution in [0.5, 0.6) is 0 Å². The molecule has 0 spiro atoms. The van der Waals surface area contributed by atoms with Crippen LogP contribution >= 0.6 is 0 Å². The second-order valence-corrected chi connectivity index (χ2v) is 8.54. The number of piperidine rings is 1. The molecule has 0 aromatic heterocycles. The molecule has 0 aliphatic carbocycles. The Hall–Kier alpha value is -1.47. The van der Waals surface area contributed by atoms with E-state index >= 15 is 0 Å². The number of nitrogens with zero attached hydrogens (tertiary/aromatic N) is 4. The lowest BCUT2D eigenvalue weighted by molar-refractivity contribution is -0.117. The molecule has 1 amide bonds. The molecule has 1 N–H and O–H groups in total. The van der Waals surface area contributed by atoms with Crippen LogP contribution < -0.4 is 4.90 Å². The van der Waals surface area contributed by atoms with Gasteiger partial charge in [0.1, 0.15) is 0 Å². The zero-order valence-electron chi connectivity index (χ0n) is 16.9. The third-order valence-electron chi connectivity index (χ3n) is 6.69. The third kappa shape index (κ3) is 4.74. The SMILES string of the molecule is O=C1CC(CN2CCC(N3CCN(CCO)CC3)CC2)CN1c1ccccc1. The number of amides is 1. The number of hydrogen-bond acceptors (Lipinski definition) is 5. The number of carbonyl (C=O) groups is 1. The summed E-state index contributed by atoms with van der Waals surface area (Å²) in [5.41, 5.74) is 1.04. The highest BCUT2D eigenvalue weighted by molar-refractivity contribution is 5.95. The summed E-state index contributed by atoms with van der Waals surface area (Å²) in [5, 5.41) is 9.09. The summed E-state index contributed by atoms with van der Waals surface area (Å²) in [6.45, 7) is 9.72. The fourth-order valence-electron chi connectivity index (χ4n) is 5.09. The van der Waals surface area contributed by atoms with Crippen LogP contribution in [0, 0.1) is 5.92 Å². The average Bonchev–Trinajstić information content (AvgIpc) is 3.10. The van der Waals surface area contributed by atoms with Crippen molar-refractivity contribution in [1.29, 1.82) is 0 Å². The van der Waals surface area contributed by atoms with Gasteiger partial charge in [0.15, 0.2) is 0 Å². The summed E-state index contributed by atoms with van der Waals surface area (Å²) in [5.74, 6) is 0.720. The van der Waals surface area contributed by atoms with Gasteiger partial charge in [-0.05, 0) is 44.0 Å². The number of rotatable bonds is 6. The quantitative estimate of drug-likeness (QED) is 0.794. The summed E-state index contributed by atoms with van der Waals surface area (Å²) >= 11 is 0. The first-order chi connectivity index (χ1) is 13.7. The van der Waals surface area contributed by atoms with E-state index in [1.165, 1.54) is 12.8 Å². The third-order valence-corrected chi connectivity index (χ3v) is 6.69. The monoisotopic (exact) mass is 386 g/mol. The summed E-state index contributed by atoms with van der Waals surface area (Å²) in [6.07, 6.45) is 3.16. The van der Waals surface area contributed by atoms with Crippen molar-refractivity contribution in [1.82, 2.24) is 14.7 Å². The maximum absolute atomic E-state index is 12.4. The maximum atomic E-state index is 12.4. The minimum atomic E-state index is 0.268. The topological polar surface area (TPSA) is 50.3 Å². The summed E-state index contributed by atoms with van der Waals surface area (Å²) in [4.78, 5) is 22.0. The van der Waals surface area contributed by atoms with Gasteiger partial charge in [-0.3, -0.25) is 14.6 Å². The van der Waals surface area contributed by atoms with Crippen LogP contribution in [0.3, 0.4) is 0 Å². The Labute approximate surface area is 168 Å². The van der Waals surface area contributed by atoms with Gasteiger partial charge < -0.3 is 14.9 Å². The van der Waals surface area contributed by atoms with Gasteiger partial charge in [-0.25, -0.2) is 0 Å². The van der Waals surface area contributed by atoms with E-state index in [2.05, 4.69) is 14.7 Å². The molecule has 3 aliphatic heterocycles. The largest absolute Gasteiger partial charge is 0.395 e. The predicted molar refractivity (Wildman–Crippen MR) is 111 cm³/mol. The zero-order chi connectivity index (χ0) is 19.3. The highest BCUT2D eigenvalue weighted by Crippen LogP contribution is 2.27. The van der Waals surface area contributed by atoms with Crippen molar-refractivity contribution in [3.63, 3.8) is 0 Å². The number of carbonyl (C=O) groups excluding carboxylic acids is 1. The lowest BCUT2D eigenvalue weighted by Gasteiger charge is -2.43. The fourth-order valence-corrected chi connectivity index (χ4v) is 5.09. The van der Waals surface area contributed by atoms with Gasteiger partial charge in [-0.1, -0.05) is 18.2 Å². The minimum Gasteiger partial charge on any atom is -0.395 e. The van der Waals surface area contributed by atoms with E-state index in [1.54, 1.807) is 0 Å². The van der Waals surface area contributed by atoms with Crippen molar-refractivity contribution in [3.05, 3.63) is 30.3 Å². The van der Waals surface area contributed by atoms with Gasteiger partial charge >= 0.3 is 0 Å². The van der Waals surface area contributed by atoms with E-state index in [9.17, 15) is 4.79 Å². The predicted octanol–water partition coefficient (Wildman–Crippen LogP) is 1.11. The molecule has 3 fully saturated rings. The number of anilines is 1. The summed E-state index contributed by atoms with van der Waals surface area (Å²) in [7, 11) is 0. The second-order valence-electron chi connectivity index (χ2n) is 8.54. The van der Waals surface area contributed by atoms with Crippen LogP contribution in [0.25, 0.3) is 0 Å². The lowest BCUT2D eigenvalue weighted by atomic mass is 10.00. The number of aliphatic hydroxyl groups is 1. The molecule has 1 unspecified atom stereocenters. The second kappa shape index (κ2) is 9.35. The smallest absolute Gasteiger partial charge is 0.227 e. The van der Waals surface area contributed by atoms with E-state index in [1.807, 2.05) is 35.2 Å². The molecule has 154 valence electrons. The van der Waals surface area contributed by atoms with Crippen molar-refractivity contribution < 1.29 is 9.90 Å². The highest BCUT2D eigenvalue weighted by atomic mass is 16.3. The number of benzene rings is 1. The Bertz CT molecular complexity index is 625. The van der Waals surface area contributed by atoms with Crippen molar-refractivity contribution in [3.8, 4) is 0 Å². The molecule has 3 heterocycles. The maximum Gasteiger partial charge on any atom is 0.227 e. The van der Waals surface area contributed by atoms with Gasteiger partial charge in [-0.2, -0.15) is 0 Å². The average molecular weight is 387 g/mol. The van der Waals surface area contributed by atoms with Gasteiger partial charge in [0, 0.05) is 64.0 Å². The van der Waals surface area contributed by atoms with E-state index in [4.69, 9.17) is 5.11 Å². The Morgan fingerprint density at radius 3 is 2.32 bits per heavy atom. The Morgan fingerprint density at radius 1 is 0.929 bits per heavy atom. The fraction of sp³-hybridized carbons (Fsp3) is 0.682. The molecule has 0 saturated carbocycles. The molecule has 1 aromatic rings. The molecule has 6 heteroatoms. The number of aliphatic hydroxyl groups excluding tert-OH is 1. The van der Waals surface area contributed by atoms with Crippen LogP contribution in [-0.4, -0.2) is 97.3 Å². The highest BCUT2D eigenvalue weighted by Gasteiger charge is 2.33. The molecule has 3 saturated heterocycles. The molecule has 6 nitrogen and oxygen atoms in total. The number of likely N-dealkylation sites (tertiary alicyclic amines) is 1. The zero-order valence-corrected chi connectivity index (χ0v) is 16.9. The summed E-state index contributed by atoms with van der Waals surface area (Å²) in [6, 6.07) is 10.8. The van der Waals surface area contributed by atoms with E-state index in [-0.39, 0.29) is 12.5 Å². The number of β-amino-alcohol motifs (C(OH)–C–C–N with tert-alkyl or cyclic N) is 1. The minimum absolute atomic E-state index is 0.268. The normalized spacial score (nSPS) is 26.2. The first kappa shape index (κ1) is 19.8. The Morgan fingerprint density at radius 2 is 1.64 bits per heavy atom. The van der Waals surface area contributed by atoms with E-state index < -0.39 is 0 Å². The van der Waals surface area contributed by atoms with Gasteiger partial charge in [0.2, 0.25) is 5.91 Å². The molecular formula is C22H34N4O2. The van der Waals surface area contributed by atoms with Crippen LogP contribution in [-0.2, 0) is 4.79 Å². The number of hydrogen-bond donors (Lipinski definition) is 1. The molecular weight excluding hydrogens is 352 g/mol. The molecule has 0 radical (unpaired) electrons. The number of piperazine rings is 1. The van der Waals surface area contributed by atoms with Crippen LogP contribution in [0.15, 0.2) is 30.3 Å². The number of para-hydroxylation sites is 1. The first-order valence-electron chi connectivity index (χ1n) is 10.9. The summed E-state index contributed by atoms with van der Waals surface area (Å²) < 4.78 is 0. The van der Waals surface area contributed by atoms with Crippen LogP contribution in [0.4, 0.5) is 5.69 Å². The van der Waals surface area contributed by atoms with Gasteiger partial charge in [0.05, 0.1) is 6.61 Å². The van der Waals surface area contributed by atoms with E-state index in [0.717, 1.165) is 64.6 Å². The van der Waals surface area contributed by atoms with E-state index in [0.29, 0.717) is 18.4 Å². The van der Waals surface area contributed by atoms with Gasteiger partial charge in [0.25, 0.3) is 0 Å². The Balaban J connectivity index is 1.21. The molecule has 4 rings (SSSR count). The van der Waals surface area contributed by atoms with Crippen molar-refractivity contribution in [2.24, 2.45) is 5.92 Å². The molecule has 0 bridgehead atoms. The Kier molecular flexibility index (Phi) is 6.62. The molecule has 1 aromatic carbocycles. The lowest BCUT2D eigenvalue weighted by Crippen LogP contribution is -2.53. The molecule has 1 atom stereocenters.